The number of benzene rings is 2. The molecule has 28 heavy (non-hydrogen) atoms. The number of amides is 1. The van der Waals surface area contributed by atoms with Crippen LogP contribution in [0.25, 0.3) is 0 Å². The van der Waals surface area contributed by atoms with E-state index in [-0.39, 0.29) is 11.9 Å². The number of nitrogens with zero attached hydrogens (tertiary/aromatic N) is 2. The number of hydrogen-bond acceptors (Lipinski definition) is 4. The van der Waals surface area contributed by atoms with Gasteiger partial charge in [-0.15, -0.1) is 0 Å². The number of carbonyl (C=O) groups is 1. The molecule has 1 aliphatic rings. The van der Waals surface area contributed by atoms with Gasteiger partial charge in [0.05, 0.1) is 18.3 Å². The molecule has 0 radical (unpaired) electrons. The molecule has 2 aromatic rings. The zero-order chi connectivity index (χ0) is 19.9. The van der Waals surface area contributed by atoms with Crippen LogP contribution in [-0.2, 0) is 11.3 Å². The van der Waals surface area contributed by atoms with Gasteiger partial charge in [-0.2, -0.15) is 0 Å². The number of para-hydroxylation sites is 2. The molecule has 1 fully saturated rings. The van der Waals surface area contributed by atoms with Crippen LogP contribution in [0.15, 0.2) is 48.5 Å². The molecule has 150 valence electrons. The predicted molar refractivity (Wildman–Crippen MR) is 114 cm³/mol. The van der Waals surface area contributed by atoms with E-state index in [1.165, 1.54) is 5.56 Å². The van der Waals surface area contributed by atoms with E-state index in [4.69, 9.17) is 4.74 Å². The molecule has 1 atom stereocenters. The van der Waals surface area contributed by atoms with Crippen molar-refractivity contribution in [2.75, 3.05) is 37.7 Å². The molecule has 0 unspecified atom stereocenters. The molecule has 5 heteroatoms. The van der Waals surface area contributed by atoms with Gasteiger partial charge in [0.2, 0.25) is 5.91 Å². The summed E-state index contributed by atoms with van der Waals surface area (Å²) in [7, 11) is 0. The lowest BCUT2D eigenvalue weighted by atomic mass is 10.1. The van der Waals surface area contributed by atoms with Crippen molar-refractivity contribution >= 4 is 11.6 Å². The Balaban J connectivity index is 1.51. The van der Waals surface area contributed by atoms with Crippen LogP contribution in [0, 0.1) is 6.92 Å². The third kappa shape index (κ3) is 5.04. The van der Waals surface area contributed by atoms with Gasteiger partial charge in [0, 0.05) is 32.7 Å². The van der Waals surface area contributed by atoms with Crippen LogP contribution in [0.5, 0.6) is 5.75 Å². The maximum absolute atomic E-state index is 12.6. The minimum Gasteiger partial charge on any atom is -0.492 e. The molecular formula is C23H31N3O2. The van der Waals surface area contributed by atoms with E-state index in [0.717, 1.165) is 43.2 Å². The number of anilines is 1. The van der Waals surface area contributed by atoms with Gasteiger partial charge in [0.1, 0.15) is 5.75 Å². The molecule has 0 aromatic heterocycles. The molecule has 3 rings (SSSR count). The van der Waals surface area contributed by atoms with Crippen molar-refractivity contribution < 1.29 is 9.53 Å². The Labute approximate surface area is 168 Å². The van der Waals surface area contributed by atoms with E-state index in [2.05, 4.69) is 52.4 Å². The highest BCUT2D eigenvalue weighted by Crippen LogP contribution is 2.29. The van der Waals surface area contributed by atoms with Gasteiger partial charge in [-0.05, 0) is 38.5 Å². The highest BCUT2D eigenvalue weighted by Gasteiger charge is 2.26. The van der Waals surface area contributed by atoms with Crippen molar-refractivity contribution in [3.8, 4) is 5.75 Å². The molecule has 0 saturated carbocycles. The first-order valence-electron chi connectivity index (χ1n) is 10.1. The van der Waals surface area contributed by atoms with Crippen molar-refractivity contribution in [3.05, 3.63) is 59.7 Å². The van der Waals surface area contributed by atoms with E-state index in [1.54, 1.807) is 0 Å². The summed E-state index contributed by atoms with van der Waals surface area (Å²) in [6.07, 6.45) is 0. The zero-order valence-electron chi connectivity index (χ0n) is 17.1. The van der Waals surface area contributed by atoms with Gasteiger partial charge in [0.15, 0.2) is 0 Å². The summed E-state index contributed by atoms with van der Waals surface area (Å²) in [6.45, 7) is 10.8. The van der Waals surface area contributed by atoms with E-state index >= 15 is 0 Å². The number of hydrogen-bond donors (Lipinski definition) is 1. The second kappa shape index (κ2) is 9.60. The van der Waals surface area contributed by atoms with E-state index in [9.17, 15) is 4.79 Å². The Bertz CT molecular complexity index is 768. The van der Waals surface area contributed by atoms with E-state index in [1.807, 2.05) is 32.0 Å². The molecule has 0 aliphatic carbocycles. The third-order valence-corrected chi connectivity index (χ3v) is 5.33. The summed E-state index contributed by atoms with van der Waals surface area (Å²) in [5, 5.41) is 3.07. The molecule has 0 spiro atoms. The summed E-state index contributed by atoms with van der Waals surface area (Å²) >= 11 is 0. The van der Waals surface area contributed by atoms with Crippen LogP contribution in [0.4, 0.5) is 5.69 Å². The van der Waals surface area contributed by atoms with Gasteiger partial charge in [0.25, 0.3) is 0 Å². The van der Waals surface area contributed by atoms with Crippen LogP contribution < -0.4 is 15.0 Å². The lowest BCUT2D eigenvalue weighted by Gasteiger charge is -2.39. The fourth-order valence-corrected chi connectivity index (χ4v) is 3.55. The number of carbonyl (C=O) groups excluding carboxylic acids is 1. The highest BCUT2D eigenvalue weighted by atomic mass is 16.5. The molecule has 1 amide bonds. The van der Waals surface area contributed by atoms with Gasteiger partial charge in [-0.1, -0.05) is 42.0 Å². The zero-order valence-corrected chi connectivity index (χ0v) is 17.1. The first-order valence-corrected chi connectivity index (χ1v) is 10.1. The normalized spacial score (nSPS) is 15.9. The van der Waals surface area contributed by atoms with Crippen LogP contribution in [-0.4, -0.2) is 49.6 Å². The molecule has 0 bridgehead atoms. The Morgan fingerprint density at radius 3 is 2.43 bits per heavy atom. The second-order valence-corrected chi connectivity index (χ2v) is 7.30. The lowest BCUT2D eigenvalue weighted by Crippen LogP contribution is -2.53. The SMILES string of the molecule is CCOc1ccccc1N1CCN([C@@H](C)C(=O)NCc2ccc(C)cc2)CC1. The molecule has 1 heterocycles. The van der Waals surface area contributed by atoms with Crippen molar-refractivity contribution in [2.45, 2.75) is 33.4 Å². The summed E-state index contributed by atoms with van der Waals surface area (Å²) in [5.74, 6) is 1.02. The Kier molecular flexibility index (Phi) is 6.93. The van der Waals surface area contributed by atoms with Crippen molar-refractivity contribution in [2.24, 2.45) is 0 Å². The average molecular weight is 382 g/mol. The Morgan fingerprint density at radius 2 is 1.75 bits per heavy atom. The molecule has 5 nitrogen and oxygen atoms in total. The second-order valence-electron chi connectivity index (χ2n) is 7.30. The van der Waals surface area contributed by atoms with Gasteiger partial charge >= 0.3 is 0 Å². The molecule has 1 aliphatic heterocycles. The quantitative estimate of drug-likeness (QED) is 0.800. The predicted octanol–water partition coefficient (Wildman–Crippen LogP) is 3.22. The maximum Gasteiger partial charge on any atom is 0.237 e. The first kappa shape index (κ1) is 20.2. The standard InChI is InChI=1S/C23H31N3O2/c1-4-28-22-8-6-5-7-21(22)26-15-13-25(14-16-26)19(3)23(27)24-17-20-11-9-18(2)10-12-20/h5-12,19H,4,13-17H2,1-3H3,(H,24,27)/t19-/m0/s1. The summed E-state index contributed by atoms with van der Waals surface area (Å²) in [4.78, 5) is 17.2. The van der Waals surface area contributed by atoms with Crippen molar-refractivity contribution in [1.29, 1.82) is 0 Å². The Morgan fingerprint density at radius 1 is 1.07 bits per heavy atom. The largest absolute Gasteiger partial charge is 0.492 e. The van der Waals surface area contributed by atoms with Gasteiger partial charge in [-0.3, -0.25) is 9.69 Å². The van der Waals surface area contributed by atoms with Crippen LogP contribution in [0.2, 0.25) is 0 Å². The summed E-state index contributed by atoms with van der Waals surface area (Å²) < 4.78 is 5.76. The van der Waals surface area contributed by atoms with E-state index < -0.39 is 0 Å². The molecule has 1 N–H and O–H groups in total. The number of rotatable bonds is 7. The molecule has 1 saturated heterocycles. The van der Waals surface area contributed by atoms with Gasteiger partial charge in [-0.25, -0.2) is 0 Å². The monoisotopic (exact) mass is 381 g/mol. The Hall–Kier alpha value is -2.53. The molecular weight excluding hydrogens is 350 g/mol. The molecule has 2 aromatic carbocycles. The summed E-state index contributed by atoms with van der Waals surface area (Å²) in [5.41, 5.74) is 3.50. The number of nitrogens with one attached hydrogen (secondary N) is 1. The highest BCUT2D eigenvalue weighted by molar-refractivity contribution is 5.81. The smallest absolute Gasteiger partial charge is 0.237 e. The lowest BCUT2D eigenvalue weighted by molar-refractivity contribution is -0.126. The van der Waals surface area contributed by atoms with Crippen molar-refractivity contribution in [1.82, 2.24) is 10.2 Å². The number of ether oxygens (including phenoxy) is 1. The van der Waals surface area contributed by atoms with Crippen LogP contribution >= 0.6 is 0 Å². The van der Waals surface area contributed by atoms with Crippen molar-refractivity contribution in [3.63, 3.8) is 0 Å². The third-order valence-electron chi connectivity index (χ3n) is 5.33. The van der Waals surface area contributed by atoms with Crippen LogP contribution in [0.1, 0.15) is 25.0 Å². The minimum absolute atomic E-state index is 0.0868. The first-order chi connectivity index (χ1) is 13.6. The number of piperazine rings is 1. The fraction of sp³-hybridized carbons (Fsp3) is 0.435. The maximum atomic E-state index is 12.6. The van der Waals surface area contributed by atoms with Crippen LogP contribution in [0.3, 0.4) is 0 Å². The summed E-state index contributed by atoms with van der Waals surface area (Å²) in [6, 6.07) is 16.3. The fourth-order valence-electron chi connectivity index (χ4n) is 3.55. The van der Waals surface area contributed by atoms with E-state index in [0.29, 0.717) is 13.2 Å². The average Bonchev–Trinajstić information content (AvgIpc) is 2.73. The topological polar surface area (TPSA) is 44.8 Å². The van der Waals surface area contributed by atoms with Gasteiger partial charge < -0.3 is 15.0 Å². The number of aryl methyl sites for hydroxylation is 1. The minimum atomic E-state index is -0.130.